The van der Waals surface area contributed by atoms with Crippen molar-refractivity contribution in [1.29, 1.82) is 0 Å². The Balaban J connectivity index is 1.76. The van der Waals surface area contributed by atoms with Crippen LogP contribution in [0.5, 0.6) is 11.5 Å². The number of rotatable bonds is 9. The Bertz CT molecular complexity index is 879. The molecule has 0 bridgehead atoms. The van der Waals surface area contributed by atoms with Gasteiger partial charge in [0.2, 0.25) is 0 Å². The van der Waals surface area contributed by atoms with Gasteiger partial charge in [0.05, 0.1) is 13.3 Å². The molecule has 2 aromatic rings. The molecule has 158 valence electrons. The maximum Gasteiger partial charge on any atom is 0.329 e. The second kappa shape index (κ2) is 11.8. The van der Waals surface area contributed by atoms with Gasteiger partial charge in [-0.1, -0.05) is 6.92 Å². The van der Waals surface area contributed by atoms with Gasteiger partial charge >= 0.3 is 11.8 Å². The number of methoxy groups -OCH3 is 1. The van der Waals surface area contributed by atoms with Gasteiger partial charge in [-0.3, -0.25) is 14.4 Å². The van der Waals surface area contributed by atoms with E-state index in [9.17, 15) is 14.4 Å². The van der Waals surface area contributed by atoms with E-state index in [1.165, 1.54) is 6.21 Å². The summed E-state index contributed by atoms with van der Waals surface area (Å²) in [6.07, 6.45) is 2.13. The van der Waals surface area contributed by atoms with Crippen LogP contribution in [0.2, 0.25) is 0 Å². The Hall–Kier alpha value is -3.88. The zero-order valence-corrected chi connectivity index (χ0v) is 16.8. The van der Waals surface area contributed by atoms with Crippen LogP contribution >= 0.6 is 0 Å². The molecule has 2 aromatic carbocycles. The third-order valence-electron chi connectivity index (χ3n) is 3.75. The summed E-state index contributed by atoms with van der Waals surface area (Å²) < 4.78 is 10.5. The first-order chi connectivity index (χ1) is 14.5. The molecule has 9 nitrogen and oxygen atoms in total. The van der Waals surface area contributed by atoms with Gasteiger partial charge in [-0.05, 0) is 60.5 Å². The van der Waals surface area contributed by atoms with Gasteiger partial charge in [-0.15, -0.1) is 0 Å². The minimum Gasteiger partial charge on any atom is -0.497 e. The molecule has 0 unspecified atom stereocenters. The minimum atomic E-state index is -0.831. The lowest BCUT2D eigenvalue weighted by Gasteiger charge is -2.08. The first-order valence-corrected chi connectivity index (χ1v) is 9.29. The van der Waals surface area contributed by atoms with Crippen molar-refractivity contribution in [1.82, 2.24) is 10.7 Å². The zero-order valence-electron chi connectivity index (χ0n) is 16.8. The Morgan fingerprint density at radius 2 is 1.63 bits per heavy atom. The summed E-state index contributed by atoms with van der Waals surface area (Å²) in [5.41, 5.74) is 3.47. The Morgan fingerprint density at radius 3 is 2.27 bits per heavy atom. The van der Waals surface area contributed by atoms with E-state index in [2.05, 4.69) is 21.2 Å². The fraction of sp³-hybridized carbons (Fsp3) is 0.238. The SMILES string of the molecule is CCCNC(=O)C(=O)N/N=C\c1ccc(OCC(=O)Nc2ccc(OC)cc2)cc1. The number of ether oxygens (including phenoxy) is 2. The molecule has 0 heterocycles. The third-order valence-corrected chi connectivity index (χ3v) is 3.75. The molecular weight excluding hydrogens is 388 g/mol. The quantitative estimate of drug-likeness (QED) is 0.329. The molecule has 0 aliphatic heterocycles. The van der Waals surface area contributed by atoms with Crippen molar-refractivity contribution in [3.63, 3.8) is 0 Å². The van der Waals surface area contributed by atoms with Crippen LogP contribution in [0.25, 0.3) is 0 Å². The average molecular weight is 412 g/mol. The molecule has 0 aliphatic carbocycles. The van der Waals surface area contributed by atoms with Gasteiger partial charge in [0.1, 0.15) is 11.5 Å². The molecule has 0 aromatic heterocycles. The van der Waals surface area contributed by atoms with Crippen LogP contribution in [0.4, 0.5) is 5.69 Å². The predicted molar refractivity (Wildman–Crippen MR) is 113 cm³/mol. The van der Waals surface area contributed by atoms with Gasteiger partial charge in [-0.25, -0.2) is 5.43 Å². The summed E-state index contributed by atoms with van der Waals surface area (Å²) in [4.78, 5) is 34.9. The van der Waals surface area contributed by atoms with Gasteiger partial charge in [-0.2, -0.15) is 5.10 Å². The number of hydrazone groups is 1. The van der Waals surface area contributed by atoms with Crippen LogP contribution < -0.4 is 25.5 Å². The molecule has 0 aliphatic rings. The number of carbonyl (C=O) groups is 3. The maximum atomic E-state index is 12.0. The number of carbonyl (C=O) groups excluding carboxylic acids is 3. The number of nitrogens with zero attached hydrogens (tertiary/aromatic N) is 1. The molecule has 3 N–H and O–H groups in total. The standard InChI is InChI=1S/C21H24N4O5/c1-3-12-22-20(27)21(28)25-23-13-15-4-8-18(9-5-15)30-14-19(26)24-16-6-10-17(29-2)11-7-16/h4-11,13H,3,12,14H2,1-2H3,(H,22,27)(H,24,26)(H,25,28)/b23-13-. The van der Waals surface area contributed by atoms with Crippen molar-refractivity contribution < 1.29 is 23.9 Å². The molecule has 0 spiro atoms. The lowest BCUT2D eigenvalue weighted by atomic mass is 10.2. The van der Waals surface area contributed by atoms with Crippen LogP contribution in [0, 0.1) is 0 Å². The molecule has 2 rings (SSSR count). The number of amides is 3. The van der Waals surface area contributed by atoms with Crippen LogP contribution in [0.15, 0.2) is 53.6 Å². The highest BCUT2D eigenvalue weighted by Gasteiger charge is 2.10. The monoisotopic (exact) mass is 412 g/mol. The molecular formula is C21H24N4O5. The lowest BCUT2D eigenvalue weighted by Crippen LogP contribution is -2.38. The predicted octanol–water partition coefficient (Wildman–Crippen LogP) is 1.69. The molecule has 30 heavy (non-hydrogen) atoms. The van der Waals surface area contributed by atoms with Crippen molar-refractivity contribution >= 4 is 29.6 Å². The highest BCUT2D eigenvalue weighted by atomic mass is 16.5. The Labute approximate surface area is 174 Å². The molecule has 9 heteroatoms. The number of benzene rings is 2. The average Bonchev–Trinajstić information content (AvgIpc) is 2.77. The van der Waals surface area contributed by atoms with Crippen molar-refractivity contribution in [2.75, 3.05) is 25.6 Å². The topological polar surface area (TPSA) is 118 Å². The first kappa shape index (κ1) is 22.4. The van der Waals surface area contributed by atoms with E-state index in [1.807, 2.05) is 6.92 Å². The zero-order chi connectivity index (χ0) is 21.8. The van der Waals surface area contributed by atoms with Crippen molar-refractivity contribution in [3.05, 3.63) is 54.1 Å². The van der Waals surface area contributed by atoms with E-state index in [-0.39, 0.29) is 12.5 Å². The van der Waals surface area contributed by atoms with Crippen LogP contribution in [-0.2, 0) is 14.4 Å². The van der Waals surface area contributed by atoms with Crippen molar-refractivity contribution in [2.45, 2.75) is 13.3 Å². The molecule has 0 saturated heterocycles. The van der Waals surface area contributed by atoms with E-state index < -0.39 is 11.8 Å². The molecule has 0 atom stereocenters. The second-order valence-electron chi connectivity index (χ2n) is 6.09. The summed E-state index contributed by atoms with van der Waals surface area (Å²) in [7, 11) is 1.57. The van der Waals surface area contributed by atoms with Crippen LogP contribution in [0.3, 0.4) is 0 Å². The maximum absolute atomic E-state index is 12.0. The third kappa shape index (κ3) is 7.63. The molecule has 3 amide bonds. The Kier molecular flexibility index (Phi) is 8.85. The van der Waals surface area contributed by atoms with E-state index in [0.717, 1.165) is 6.42 Å². The van der Waals surface area contributed by atoms with Crippen molar-refractivity contribution in [2.24, 2.45) is 5.10 Å². The summed E-state index contributed by atoms with van der Waals surface area (Å²) in [5.74, 6) is -0.657. The number of anilines is 1. The largest absolute Gasteiger partial charge is 0.497 e. The van der Waals surface area contributed by atoms with Crippen molar-refractivity contribution in [3.8, 4) is 11.5 Å². The first-order valence-electron chi connectivity index (χ1n) is 9.29. The molecule has 0 saturated carbocycles. The summed E-state index contributed by atoms with van der Waals surface area (Å²) in [6.45, 7) is 2.16. The molecule has 0 radical (unpaired) electrons. The lowest BCUT2D eigenvalue weighted by molar-refractivity contribution is -0.139. The highest BCUT2D eigenvalue weighted by molar-refractivity contribution is 6.35. The second-order valence-corrected chi connectivity index (χ2v) is 6.09. The van der Waals surface area contributed by atoms with E-state index in [4.69, 9.17) is 9.47 Å². The van der Waals surface area contributed by atoms with E-state index in [1.54, 1.807) is 55.6 Å². The fourth-order valence-corrected chi connectivity index (χ4v) is 2.21. The van der Waals surface area contributed by atoms with Crippen LogP contribution in [-0.4, -0.2) is 44.2 Å². The summed E-state index contributed by atoms with van der Waals surface area (Å²) >= 11 is 0. The number of hydrogen-bond acceptors (Lipinski definition) is 6. The fourth-order valence-electron chi connectivity index (χ4n) is 2.21. The highest BCUT2D eigenvalue weighted by Crippen LogP contribution is 2.15. The van der Waals surface area contributed by atoms with Gasteiger partial charge in [0, 0.05) is 12.2 Å². The normalized spacial score (nSPS) is 10.3. The smallest absolute Gasteiger partial charge is 0.329 e. The van der Waals surface area contributed by atoms with Gasteiger partial charge in [0.15, 0.2) is 6.61 Å². The summed E-state index contributed by atoms with van der Waals surface area (Å²) in [5, 5.41) is 8.91. The van der Waals surface area contributed by atoms with E-state index >= 15 is 0 Å². The van der Waals surface area contributed by atoms with Gasteiger partial charge < -0.3 is 20.1 Å². The number of hydrogen-bond donors (Lipinski definition) is 3. The van der Waals surface area contributed by atoms with Crippen LogP contribution in [0.1, 0.15) is 18.9 Å². The summed E-state index contributed by atoms with van der Waals surface area (Å²) in [6, 6.07) is 13.7. The minimum absolute atomic E-state index is 0.150. The Morgan fingerprint density at radius 1 is 0.967 bits per heavy atom. The van der Waals surface area contributed by atoms with Gasteiger partial charge in [0.25, 0.3) is 5.91 Å². The van der Waals surface area contributed by atoms with E-state index in [0.29, 0.717) is 29.3 Å². The molecule has 0 fully saturated rings. The number of nitrogens with one attached hydrogen (secondary N) is 3.